The van der Waals surface area contributed by atoms with Gasteiger partial charge in [0.15, 0.2) is 0 Å². The van der Waals surface area contributed by atoms with Crippen molar-refractivity contribution >= 4 is 69.7 Å². The highest BCUT2D eigenvalue weighted by atomic mass is 35.5. The van der Waals surface area contributed by atoms with E-state index >= 15 is 0 Å². The molecule has 2 aromatic carbocycles. The van der Waals surface area contributed by atoms with Gasteiger partial charge in [-0.3, -0.25) is 4.79 Å². The third kappa shape index (κ3) is 9.66. The number of aromatic hydroxyl groups is 1. The van der Waals surface area contributed by atoms with Crippen LogP contribution in [0.15, 0.2) is 41.2 Å². The van der Waals surface area contributed by atoms with Crippen LogP contribution in [-0.4, -0.2) is 52.9 Å². The second-order valence-electron chi connectivity index (χ2n) is 7.21. The number of phenols is 1. The van der Waals surface area contributed by atoms with Crippen LogP contribution in [0.25, 0.3) is 10.2 Å². The van der Waals surface area contributed by atoms with E-state index in [1.807, 2.05) is 30.0 Å². The summed E-state index contributed by atoms with van der Waals surface area (Å²) in [6, 6.07) is 11.1. The predicted octanol–water partition coefficient (Wildman–Crippen LogP) is 4.37. The molecule has 1 atom stereocenters. The normalized spacial score (nSPS) is 11.7. The lowest BCUT2D eigenvalue weighted by atomic mass is 10.1. The van der Waals surface area contributed by atoms with E-state index < -0.39 is 6.10 Å². The molecule has 0 radical (unpaired) electrons. The molecule has 11 heteroatoms. The fourth-order valence-corrected chi connectivity index (χ4v) is 5.22. The number of hydrogen-bond acceptors (Lipinski definition) is 7. The molecular weight excluding hydrogens is 525 g/mol. The summed E-state index contributed by atoms with van der Waals surface area (Å²) in [6.45, 7) is 3.15. The molecule has 0 unspecified atom stereocenters. The standard InChI is InChI=1S/C22H28ClN3O3S2.2ClH/c23-16-4-1-3-15(13-16)7-9-24-8-2-11-30-12-10-25-14-19(28)17-5-6-18(27)20-21(17)31-22(29)26-20;;/h1,3-6,13,19,24-25,27-28H,2,7-12,14H2,(H,26,29);2*1H/t19-;;/m0../s1. The molecule has 3 rings (SSSR count). The fraction of sp³-hybridized carbons (Fsp3) is 0.409. The third-order valence-corrected chi connectivity index (χ3v) is 7.07. The largest absolute Gasteiger partial charge is 0.506 e. The average molecular weight is 555 g/mol. The Morgan fingerprint density at radius 3 is 2.70 bits per heavy atom. The van der Waals surface area contributed by atoms with Crippen LogP contribution in [-0.2, 0) is 6.42 Å². The number of halogens is 3. The number of fused-ring (bicyclic) bond motifs is 1. The highest BCUT2D eigenvalue weighted by Gasteiger charge is 2.15. The third-order valence-electron chi connectivity index (χ3n) is 4.83. The minimum absolute atomic E-state index is 0. The van der Waals surface area contributed by atoms with Crippen LogP contribution < -0.4 is 15.5 Å². The summed E-state index contributed by atoms with van der Waals surface area (Å²) in [5.74, 6) is 2.08. The van der Waals surface area contributed by atoms with Gasteiger partial charge in [0.05, 0.1) is 10.8 Å². The van der Waals surface area contributed by atoms with Crippen LogP contribution >= 0.6 is 59.5 Å². The molecule has 0 aliphatic rings. The maximum atomic E-state index is 11.6. The van der Waals surface area contributed by atoms with Crippen molar-refractivity contribution in [2.75, 3.05) is 37.7 Å². The molecule has 6 nitrogen and oxygen atoms in total. The number of thiazole rings is 1. The molecule has 1 heterocycles. The van der Waals surface area contributed by atoms with E-state index in [0.29, 0.717) is 22.3 Å². The Kier molecular flexibility index (Phi) is 14.4. The number of benzene rings is 2. The molecular formula is C22H30Cl3N3O3S2. The zero-order valence-corrected chi connectivity index (χ0v) is 22.0. The van der Waals surface area contributed by atoms with Gasteiger partial charge in [-0.15, -0.1) is 24.8 Å². The van der Waals surface area contributed by atoms with Crippen molar-refractivity contribution in [3.8, 4) is 5.75 Å². The Morgan fingerprint density at radius 1 is 1.09 bits per heavy atom. The highest BCUT2D eigenvalue weighted by molar-refractivity contribution is 7.99. The number of nitrogens with one attached hydrogen (secondary N) is 3. The number of aromatic amines is 1. The fourth-order valence-electron chi connectivity index (χ4n) is 3.25. The Hall–Kier alpha value is -0.970. The van der Waals surface area contributed by atoms with Crippen molar-refractivity contribution in [2.45, 2.75) is 18.9 Å². The van der Waals surface area contributed by atoms with Crippen LogP contribution in [0.1, 0.15) is 23.7 Å². The van der Waals surface area contributed by atoms with E-state index in [9.17, 15) is 15.0 Å². The average Bonchev–Trinajstić information content (AvgIpc) is 3.14. The quantitative estimate of drug-likeness (QED) is 0.201. The first-order valence-electron chi connectivity index (χ1n) is 10.3. The molecule has 184 valence electrons. The van der Waals surface area contributed by atoms with E-state index in [1.54, 1.807) is 6.07 Å². The van der Waals surface area contributed by atoms with Crippen LogP contribution in [0.2, 0.25) is 5.02 Å². The number of phenolic OH excluding ortho intramolecular Hbond substituents is 1. The Labute approximate surface area is 219 Å². The summed E-state index contributed by atoms with van der Waals surface area (Å²) in [4.78, 5) is 13.9. The van der Waals surface area contributed by atoms with Gasteiger partial charge in [-0.1, -0.05) is 41.1 Å². The first-order chi connectivity index (χ1) is 15.0. The SMILES string of the molecule is Cl.Cl.O=c1[nH]c2c(O)ccc([C@@H](O)CNCCSCCCNCCc3cccc(Cl)c3)c2s1. The van der Waals surface area contributed by atoms with Crippen molar-refractivity contribution < 1.29 is 10.2 Å². The Balaban J connectivity index is 0.00000272. The lowest BCUT2D eigenvalue weighted by Gasteiger charge is -2.13. The Bertz CT molecular complexity index is 1030. The lowest BCUT2D eigenvalue weighted by molar-refractivity contribution is 0.177. The molecule has 0 aliphatic carbocycles. The number of aliphatic hydroxyl groups excluding tert-OH is 1. The monoisotopic (exact) mass is 553 g/mol. The van der Waals surface area contributed by atoms with Crippen molar-refractivity contribution in [1.82, 2.24) is 15.6 Å². The second-order valence-corrected chi connectivity index (χ2v) is 9.85. The number of H-pyrrole nitrogens is 1. The van der Waals surface area contributed by atoms with Gasteiger partial charge in [-0.2, -0.15) is 11.8 Å². The van der Waals surface area contributed by atoms with Gasteiger partial charge in [0.1, 0.15) is 11.3 Å². The van der Waals surface area contributed by atoms with Gasteiger partial charge in [0.25, 0.3) is 0 Å². The van der Waals surface area contributed by atoms with Crippen molar-refractivity contribution in [2.24, 2.45) is 0 Å². The molecule has 0 saturated carbocycles. The number of rotatable bonds is 13. The van der Waals surface area contributed by atoms with Gasteiger partial charge in [0, 0.05) is 29.4 Å². The van der Waals surface area contributed by atoms with Crippen molar-refractivity contribution in [1.29, 1.82) is 0 Å². The predicted molar refractivity (Wildman–Crippen MR) is 146 cm³/mol. The maximum Gasteiger partial charge on any atom is 0.305 e. The van der Waals surface area contributed by atoms with Gasteiger partial charge in [-0.25, -0.2) is 0 Å². The van der Waals surface area contributed by atoms with Gasteiger partial charge < -0.3 is 25.8 Å². The molecule has 5 N–H and O–H groups in total. The smallest absolute Gasteiger partial charge is 0.305 e. The first-order valence-corrected chi connectivity index (χ1v) is 12.7. The number of aliphatic hydroxyl groups is 1. The number of aromatic nitrogens is 1. The van der Waals surface area contributed by atoms with E-state index in [-0.39, 0.29) is 35.4 Å². The second kappa shape index (κ2) is 15.8. The van der Waals surface area contributed by atoms with Crippen molar-refractivity contribution in [3.63, 3.8) is 0 Å². The minimum atomic E-state index is -0.733. The molecule has 0 bridgehead atoms. The minimum Gasteiger partial charge on any atom is -0.506 e. The summed E-state index contributed by atoms with van der Waals surface area (Å²) in [5.41, 5.74) is 2.30. The van der Waals surface area contributed by atoms with E-state index in [2.05, 4.69) is 21.7 Å². The summed E-state index contributed by atoms with van der Waals surface area (Å²) < 4.78 is 0.608. The van der Waals surface area contributed by atoms with Crippen LogP contribution in [0.5, 0.6) is 5.75 Å². The van der Waals surface area contributed by atoms with Crippen molar-refractivity contribution in [3.05, 3.63) is 62.2 Å². The Morgan fingerprint density at radius 2 is 1.91 bits per heavy atom. The molecule has 0 saturated heterocycles. The van der Waals surface area contributed by atoms with Gasteiger partial charge >= 0.3 is 4.87 Å². The van der Waals surface area contributed by atoms with E-state index in [4.69, 9.17) is 11.6 Å². The van der Waals surface area contributed by atoms with Crippen LogP contribution in [0, 0.1) is 0 Å². The lowest BCUT2D eigenvalue weighted by Crippen LogP contribution is -2.24. The molecule has 0 fully saturated rings. The van der Waals surface area contributed by atoms with E-state index in [0.717, 1.165) is 60.3 Å². The number of thioether (sulfide) groups is 1. The maximum absolute atomic E-state index is 11.6. The zero-order chi connectivity index (χ0) is 22.1. The molecule has 3 aromatic rings. The van der Waals surface area contributed by atoms with Crippen LogP contribution in [0.3, 0.4) is 0 Å². The highest BCUT2D eigenvalue weighted by Crippen LogP contribution is 2.31. The molecule has 0 amide bonds. The van der Waals surface area contributed by atoms with Gasteiger partial charge in [0.2, 0.25) is 0 Å². The zero-order valence-electron chi connectivity index (χ0n) is 18.0. The summed E-state index contributed by atoms with van der Waals surface area (Å²) in [7, 11) is 0. The topological polar surface area (TPSA) is 97.4 Å². The summed E-state index contributed by atoms with van der Waals surface area (Å²) in [5, 5.41) is 27.8. The number of hydrogen-bond donors (Lipinski definition) is 5. The summed E-state index contributed by atoms with van der Waals surface area (Å²) >= 11 is 8.88. The van der Waals surface area contributed by atoms with Crippen LogP contribution in [0.4, 0.5) is 0 Å². The molecule has 1 aromatic heterocycles. The molecule has 0 spiro atoms. The molecule has 33 heavy (non-hydrogen) atoms. The molecule has 0 aliphatic heterocycles. The first kappa shape index (κ1) is 30.1. The summed E-state index contributed by atoms with van der Waals surface area (Å²) in [6.07, 6.45) is 1.36. The van der Waals surface area contributed by atoms with E-state index in [1.165, 1.54) is 11.6 Å². The van der Waals surface area contributed by atoms with Gasteiger partial charge in [-0.05, 0) is 55.4 Å².